The number of nitrogens with one attached hydrogen (secondary N) is 2. The van der Waals surface area contributed by atoms with Gasteiger partial charge in [-0.2, -0.15) is 0 Å². The first kappa shape index (κ1) is 23.6. The Kier molecular flexibility index (Phi) is 10.5. The van der Waals surface area contributed by atoms with Crippen molar-refractivity contribution in [3.63, 3.8) is 0 Å². The molecule has 0 spiro atoms. The first-order valence-electron chi connectivity index (χ1n) is 10.2. The van der Waals surface area contributed by atoms with Crippen LogP contribution in [0.15, 0.2) is 0 Å². The van der Waals surface area contributed by atoms with Gasteiger partial charge in [-0.15, -0.1) is 0 Å². The summed E-state index contributed by atoms with van der Waals surface area (Å²) in [5.74, 6) is -0.189. The Morgan fingerprint density at radius 2 is 1.93 bits per heavy atom. The summed E-state index contributed by atoms with van der Waals surface area (Å²) in [6, 6.07) is -1.34. The van der Waals surface area contributed by atoms with Crippen molar-refractivity contribution in [2.75, 3.05) is 13.1 Å². The molecule has 7 heteroatoms. The largest absolute Gasteiger partial charge is 0.343 e. The van der Waals surface area contributed by atoms with Crippen molar-refractivity contribution in [3.8, 4) is 0 Å². The fraction of sp³-hybridized carbons (Fsp3) is 0.850. The molecule has 0 saturated carbocycles. The van der Waals surface area contributed by atoms with Gasteiger partial charge in [0.05, 0.1) is 12.1 Å². The highest BCUT2D eigenvalue weighted by molar-refractivity contribution is 5.91. The van der Waals surface area contributed by atoms with E-state index in [9.17, 15) is 14.4 Å². The summed E-state index contributed by atoms with van der Waals surface area (Å²) in [7, 11) is 0. The van der Waals surface area contributed by atoms with E-state index in [1.807, 2.05) is 20.1 Å². The third-order valence-corrected chi connectivity index (χ3v) is 4.82. The van der Waals surface area contributed by atoms with E-state index in [-0.39, 0.29) is 11.8 Å². The highest BCUT2D eigenvalue weighted by Gasteiger charge is 2.34. The smallest absolute Gasteiger partial charge is 0.245 e. The van der Waals surface area contributed by atoms with Crippen molar-refractivity contribution < 1.29 is 14.4 Å². The molecule has 0 aromatic rings. The molecule has 27 heavy (non-hydrogen) atoms. The second-order valence-electron chi connectivity index (χ2n) is 8.21. The Morgan fingerprint density at radius 1 is 1.22 bits per heavy atom. The molecule has 1 aliphatic heterocycles. The molecule has 0 unspecified atom stereocenters. The number of unbranched alkanes of at least 4 members (excludes halogenated alkanes) is 1. The summed E-state index contributed by atoms with van der Waals surface area (Å²) >= 11 is 0. The van der Waals surface area contributed by atoms with Crippen molar-refractivity contribution in [2.24, 2.45) is 11.7 Å². The summed E-state index contributed by atoms with van der Waals surface area (Å²) < 4.78 is 0. The Balaban J connectivity index is 2.68. The number of hydrogen-bond donors (Lipinski definition) is 3. The summed E-state index contributed by atoms with van der Waals surface area (Å²) in [5.41, 5.74) is 5.97. The first-order valence-corrected chi connectivity index (χ1v) is 10.2. The molecule has 3 atom stereocenters. The van der Waals surface area contributed by atoms with Crippen LogP contribution in [-0.4, -0.2) is 60.3 Å². The van der Waals surface area contributed by atoms with Gasteiger partial charge in [-0.05, 0) is 51.0 Å². The molecule has 1 heterocycles. The maximum absolute atomic E-state index is 12.9. The minimum absolute atomic E-state index is 0.192. The van der Waals surface area contributed by atoms with Crippen LogP contribution >= 0.6 is 0 Å². The number of carbonyl (C=O) groups is 2. The predicted octanol–water partition coefficient (Wildman–Crippen LogP) is 1.11. The Hall–Kier alpha value is -1.47. The third kappa shape index (κ3) is 8.39. The lowest BCUT2D eigenvalue weighted by atomic mass is 10.0. The molecule has 1 saturated heterocycles. The zero-order valence-corrected chi connectivity index (χ0v) is 17.3. The average molecular weight is 382 g/mol. The first-order chi connectivity index (χ1) is 12.8. The fourth-order valence-electron chi connectivity index (χ4n) is 3.37. The van der Waals surface area contributed by atoms with Crippen LogP contribution in [0.4, 0.5) is 0 Å². The van der Waals surface area contributed by atoms with Gasteiger partial charge < -0.3 is 21.3 Å². The van der Waals surface area contributed by atoms with E-state index in [4.69, 9.17) is 5.73 Å². The second kappa shape index (κ2) is 12.1. The minimum Gasteiger partial charge on any atom is -0.343 e. The molecular weight excluding hydrogens is 344 g/mol. The van der Waals surface area contributed by atoms with Gasteiger partial charge in [0, 0.05) is 12.6 Å². The standard InChI is InChI=1S/C20H37N4O3/c1-14(2)12-17(21)19(26)23-18(9-5-6-10-22-15(3)4)20(27)24-11-7-8-16(24)13-25/h14-18,22H,5-12,21H2,1-4H3,(H,23,26)/t16-,17-,18-/m0/s1. The maximum atomic E-state index is 12.9. The molecule has 1 radical (unpaired) electrons. The molecule has 7 nitrogen and oxygen atoms in total. The summed E-state index contributed by atoms with van der Waals surface area (Å²) in [6.07, 6.45) is 6.21. The molecule has 4 N–H and O–H groups in total. The zero-order chi connectivity index (χ0) is 20.4. The number of likely N-dealkylation sites (tertiary alicyclic amines) is 1. The summed E-state index contributed by atoms with van der Waals surface area (Å²) in [4.78, 5) is 38.1. The van der Waals surface area contributed by atoms with Crippen LogP contribution in [0.25, 0.3) is 0 Å². The van der Waals surface area contributed by atoms with E-state index >= 15 is 0 Å². The molecule has 1 fully saturated rings. The molecule has 1 aliphatic rings. The van der Waals surface area contributed by atoms with Gasteiger partial charge in [0.15, 0.2) is 0 Å². The molecular formula is C20H37N4O3. The lowest BCUT2D eigenvalue weighted by Gasteiger charge is -2.27. The zero-order valence-electron chi connectivity index (χ0n) is 17.3. The van der Waals surface area contributed by atoms with Crippen LogP contribution in [0.5, 0.6) is 0 Å². The third-order valence-electron chi connectivity index (χ3n) is 4.82. The number of rotatable bonds is 12. The number of nitrogens with two attached hydrogens (primary N) is 1. The van der Waals surface area contributed by atoms with E-state index in [1.54, 1.807) is 4.90 Å². The van der Waals surface area contributed by atoms with Crippen LogP contribution in [0, 0.1) is 5.92 Å². The van der Waals surface area contributed by atoms with Gasteiger partial charge >= 0.3 is 0 Å². The number of hydrogen-bond acceptors (Lipinski definition) is 5. The van der Waals surface area contributed by atoms with Crippen molar-refractivity contribution >= 4 is 18.1 Å². The average Bonchev–Trinajstić information content (AvgIpc) is 3.07. The van der Waals surface area contributed by atoms with E-state index < -0.39 is 18.1 Å². The molecule has 0 aromatic carbocycles. The van der Waals surface area contributed by atoms with Crippen LogP contribution in [-0.2, 0) is 14.4 Å². The van der Waals surface area contributed by atoms with Crippen LogP contribution in [0.3, 0.4) is 0 Å². The lowest BCUT2D eigenvalue weighted by Crippen LogP contribution is -2.53. The predicted molar refractivity (Wildman–Crippen MR) is 107 cm³/mol. The minimum atomic E-state index is -0.635. The van der Waals surface area contributed by atoms with Gasteiger partial charge in [0.25, 0.3) is 0 Å². The highest BCUT2D eigenvalue weighted by atomic mass is 16.2. The summed E-state index contributed by atoms with van der Waals surface area (Å²) in [5, 5.41) is 6.18. The van der Waals surface area contributed by atoms with Gasteiger partial charge in [-0.1, -0.05) is 27.7 Å². The highest BCUT2D eigenvalue weighted by Crippen LogP contribution is 2.18. The van der Waals surface area contributed by atoms with Gasteiger partial charge in [0.1, 0.15) is 6.04 Å². The summed E-state index contributed by atoms with van der Waals surface area (Å²) in [6.45, 7) is 9.60. The quantitative estimate of drug-likeness (QED) is 0.439. The van der Waals surface area contributed by atoms with Crippen LogP contribution < -0.4 is 16.4 Å². The van der Waals surface area contributed by atoms with E-state index in [1.165, 1.54) is 0 Å². The second-order valence-corrected chi connectivity index (χ2v) is 8.21. The molecule has 0 aromatic heterocycles. The topological polar surface area (TPSA) is 105 Å². The Bertz CT molecular complexity index is 482. The SMILES string of the molecule is CC(C)C[C@H](N)C(=O)N[C@@H](CCCCNC(C)C)C(=O)N1CCC[C@H]1[C]=O. The van der Waals surface area contributed by atoms with Gasteiger partial charge in [0.2, 0.25) is 18.1 Å². The molecule has 1 rings (SSSR count). The van der Waals surface area contributed by atoms with E-state index in [0.717, 1.165) is 25.8 Å². The Morgan fingerprint density at radius 3 is 2.52 bits per heavy atom. The van der Waals surface area contributed by atoms with Crippen molar-refractivity contribution in [1.82, 2.24) is 15.5 Å². The van der Waals surface area contributed by atoms with Gasteiger partial charge in [-0.25, -0.2) is 0 Å². The molecule has 0 aliphatic carbocycles. The molecule has 0 bridgehead atoms. The van der Waals surface area contributed by atoms with Gasteiger partial charge in [-0.3, -0.25) is 14.4 Å². The molecule has 2 amide bonds. The van der Waals surface area contributed by atoms with Crippen molar-refractivity contribution in [2.45, 2.75) is 90.4 Å². The normalized spacial score (nSPS) is 19.4. The molecule has 155 valence electrons. The number of amides is 2. The Labute approximate surface area is 163 Å². The lowest BCUT2D eigenvalue weighted by molar-refractivity contribution is -0.136. The number of nitrogens with zero attached hydrogens (tertiary/aromatic N) is 1. The number of carbonyl (C=O) groups excluding carboxylic acids is 3. The van der Waals surface area contributed by atoms with E-state index in [0.29, 0.717) is 37.8 Å². The van der Waals surface area contributed by atoms with Crippen molar-refractivity contribution in [1.29, 1.82) is 0 Å². The monoisotopic (exact) mass is 381 g/mol. The maximum Gasteiger partial charge on any atom is 0.245 e. The van der Waals surface area contributed by atoms with Crippen molar-refractivity contribution in [3.05, 3.63) is 0 Å². The fourth-order valence-corrected chi connectivity index (χ4v) is 3.37. The van der Waals surface area contributed by atoms with E-state index in [2.05, 4.69) is 24.5 Å². The van der Waals surface area contributed by atoms with Crippen LogP contribution in [0.1, 0.15) is 66.2 Å². The van der Waals surface area contributed by atoms with Crippen LogP contribution in [0.2, 0.25) is 0 Å².